The van der Waals surface area contributed by atoms with Crippen molar-refractivity contribution in [2.45, 2.75) is 26.3 Å². The molecule has 0 bridgehead atoms. The Kier molecular flexibility index (Phi) is 4.52. The topological polar surface area (TPSA) is 66.9 Å². The standard InChI is InChI=1S/C17H18N4OS/c1-3-13-9-14-15(18-10-19-17(14)23-13)20-11(2)16(22)21-12-7-5-4-6-8-12/h4-11H,3H2,1-2H3,(H,21,22)(H,18,19,20). The van der Waals surface area contributed by atoms with E-state index in [1.807, 2.05) is 37.3 Å². The van der Waals surface area contributed by atoms with Gasteiger partial charge in [0, 0.05) is 10.6 Å². The summed E-state index contributed by atoms with van der Waals surface area (Å²) in [4.78, 5) is 23.1. The number of carbonyl (C=O) groups is 1. The molecule has 0 saturated carbocycles. The lowest BCUT2D eigenvalue weighted by Crippen LogP contribution is -2.32. The maximum atomic E-state index is 12.3. The Labute approximate surface area is 138 Å². The molecule has 0 radical (unpaired) electrons. The number of para-hydroxylation sites is 1. The minimum absolute atomic E-state index is 0.103. The summed E-state index contributed by atoms with van der Waals surface area (Å²) >= 11 is 1.66. The van der Waals surface area contributed by atoms with Crippen LogP contribution in [-0.4, -0.2) is 21.9 Å². The van der Waals surface area contributed by atoms with Crippen LogP contribution in [0.2, 0.25) is 0 Å². The molecule has 1 unspecified atom stereocenters. The lowest BCUT2D eigenvalue weighted by atomic mass is 10.2. The molecular weight excluding hydrogens is 308 g/mol. The summed E-state index contributed by atoms with van der Waals surface area (Å²) in [6.45, 7) is 3.93. The van der Waals surface area contributed by atoms with E-state index in [-0.39, 0.29) is 5.91 Å². The zero-order valence-corrected chi connectivity index (χ0v) is 13.9. The second-order valence-electron chi connectivity index (χ2n) is 5.23. The van der Waals surface area contributed by atoms with Crippen molar-refractivity contribution in [3.05, 3.63) is 47.6 Å². The summed E-state index contributed by atoms with van der Waals surface area (Å²) in [6.07, 6.45) is 2.49. The lowest BCUT2D eigenvalue weighted by molar-refractivity contribution is -0.116. The number of aryl methyl sites for hydroxylation is 1. The molecule has 2 heterocycles. The van der Waals surface area contributed by atoms with Crippen molar-refractivity contribution >= 4 is 39.0 Å². The minimum atomic E-state index is -0.404. The summed E-state index contributed by atoms with van der Waals surface area (Å²) in [5.41, 5.74) is 0.780. The van der Waals surface area contributed by atoms with Crippen LogP contribution < -0.4 is 10.6 Å². The van der Waals surface area contributed by atoms with Crippen LogP contribution in [0.4, 0.5) is 11.5 Å². The van der Waals surface area contributed by atoms with Crippen LogP contribution in [0.3, 0.4) is 0 Å². The SMILES string of the molecule is CCc1cc2c(NC(C)C(=O)Nc3ccccc3)ncnc2s1. The van der Waals surface area contributed by atoms with Gasteiger partial charge in [0.05, 0.1) is 5.39 Å². The molecule has 0 spiro atoms. The number of nitrogens with one attached hydrogen (secondary N) is 2. The fraction of sp³-hybridized carbons (Fsp3) is 0.235. The van der Waals surface area contributed by atoms with Gasteiger partial charge in [0.15, 0.2) is 0 Å². The van der Waals surface area contributed by atoms with E-state index in [2.05, 4.69) is 33.6 Å². The summed E-state index contributed by atoms with van der Waals surface area (Å²) in [7, 11) is 0. The van der Waals surface area contributed by atoms with E-state index in [0.29, 0.717) is 5.82 Å². The van der Waals surface area contributed by atoms with Crippen molar-refractivity contribution in [2.75, 3.05) is 10.6 Å². The van der Waals surface area contributed by atoms with Gasteiger partial charge in [-0.3, -0.25) is 4.79 Å². The van der Waals surface area contributed by atoms with Gasteiger partial charge in [0.1, 0.15) is 23.0 Å². The number of carbonyl (C=O) groups excluding carboxylic acids is 1. The number of nitrogens with zero attached hydrogens (tertiary/aromatic N) is 2. The molecule has 0 fully saturated rings. The lowest BCUT2D eigenvalue weighted by Gasteiger charge is -2.15. The van der Waals surface area contributed by atoms with Crippen LogP contribution in [0.5, 0.6) is 0 Å². The summed E-state index contributed by atoms with van der Waals surface area (Å²) < 4.78 is 0. The van der Waals surface area contributed by atoms with Crippen LogP contribution in [0.1, 0.15) is 18.7 Å². The number of benzene rings is 1. The first-order chi connectivity index (χ1) is 11.2. The Morgan fingerprint density at radius 2 is 2.04 bits per heavy atom. The fourth-order valence-electron chi connectivity index (χ4n) is 2.24. The van der Waals surface area contributed by atoms with Gasteiger partial charge in [-0.25, -0.2) is 9.97 Å². The van der Waals surface area contributed by atoms with Gasteiger partial charge in [-0.1, -0.05) is 25.1 Å². The minimum Gasteiger partial charge on any atom is -0.358 e. The van der Waals surface area contributed by atoms with Crippen LogP contribution in [-0.2, 0) is 11.2 Å². The number of amides is 1. The monoisotopic (exact) mass is 326 g/mol. The van der Waals surface area contributed by atoms with Gasteiger partial charge in [0.25, 0.3) is 0 Å². The third-order valence-electron chi connectivity index (χ3n) is 3.52. The predicted molar refractivity (Wildman–Crippen MR) is 94.9 cm³/mol. The molecule has 0 aliphatic rings. The Bertz CT molecular complexity index is 816. The van der Waals surface area contributed by atoms with E-state index in [1.165, 1.54) is 11.2 Å². The van der Waals surface area contributed by atoms with Gasteiger partial charge in [0.2, 0.25) is 5.91 Å². The van der Waals surface area contributed by atoms with Gasteiger partial charge in [-0.05, 0) is 31.5 Å². The molecule has 118 valence electrons. The number of thiophene rings is 1. The van der Waals surface area contributed by atoms with Crippen LogP contribution in [0.25, 0.3) is 10.2 Å². The number of hydrogen-bond acceptors (Lipinski definition) is 5. The highest BCUT2D eigenvalue weighted by Crippen LogP contribution is 2.28. The molecule has 1 amide bonds. The number of fused-ring (bicyclic) bond motifs is 1. The number of aromatic nitrogens is 2. The molecule has 2 N–H and O–H groups in total. The highest BCUT2D eigenvalue weighted by molar-refractivity contribution is 7.18. The zero-order chi connectivity index (χ0) is 16.2. The Hall–Kier alpha value is -2.47. The molecule has 5 nitrogen and oxygen atoms in total. The Morgan fingerprint density at radius 3 is 2.78 bits per heavy atom. The third-order valence-corrected chi connectivity index (χ3v) is 4.70. The van der Waals surface area contributed by atoms with Crippen LogP contribution in [0.15, 0.2) is 42.7 Å². The van der Waals surface area contributed by atoms with E-state index in [9.17, 15) is 4.79 Å². The van der Waals surface area contributed by atoms with Crippen molar-refractivity contribution in [3.63, 3.8) is 0 Å². The third kappa shape index (κ3) is 3.48. The average molecular weight is 326 g/mol. The molecule has 6 heteroatoms. The van der Waals surface area contributed by atoms with Crippen molar-refractivity contribution in [3.8, 4) is 0 Å². The Morgan fingerprint density at radius 1 is 1.26 bits per heavy atom. The number of hydrogen-bond donors (Lipinski definition) is 2. The molecule has 0 saturated heterocycles. The smallest absolute Gasteiger partial charge is 0.246 e. The molecular formula is C17H18N4OS. The molecule has 23 heavy (non-hydrogen) atoms. The number of rotatable bonds is 5. The number of anilines is 2. The van der Waals surface area contributed by atoms with Crippen LogP contribution in [0, 0.1) is 0 Å². The van der Waals surface area contributed by atoms with E-state index in [4.69, 9.17) is 0 Å². The predicted octanol–water partition coefficient (Wildman–Crippen LogP) is 3.69. The van der Waals surface area contributed by atoms with E-state index >= 15 is 0 Å². The quantitative estimate of drug-likeness (QED) is 0.750. The summed E-state index contributed by atoms with van der Waals surface area (Å²) in [5, 5.41) is 7.04. The highest BCUT2D eigenvalue weighted by Gasteiger charge is 2.16. The molecule has 0 aliphatic carbocycles. The summed E-state index contributed by atoms with van der Waals surface area (Å²) in [5.74, 6) is 0.593. The van der Waals surface area contributed by atoms with Crippen molar-refractivity contribution < 1.29 is 4.79 Å². The Balaban J connectivity index is 1.76. The average Bonchev–Trinajstić information content (AvgIpc) is 3.00. The second-order valence-corrected chi connectivity index (χ2v) is 6.34. The van der Waals surface area contributed by atoms with Gasteiger partial charge in [-0.2, -0.15) is 0 Å². The first-order valence-electron chi connectivity index (χ1n) is 7.53. The normalized spacial score (nSPS) is 12.1. The van der Waals surface area contributed by atoms with E-state index in [0.717, 1.165) is 22.3 Å². The highest BCUT2D eigenvalue weighted by atomic mass is 32.1. The largest absolute Gasteiger partial charge is 0.358 e. The van der Waals surface area contributed by atoms with Gasteiger partial charge < -0.3 is 10.6 Å². The molecule has 0 aliphatic heterocycles. The van der Waals surface area contributed by atoms with E-state index < -0.39 is 6.04 Å². The fourth-order valence-corrected chi connectivity index (χ4v) is 3.17. The molecule has 2 aromatic heterocycles. The maximum Gasteiger partial charge on any atom is 0.246 e. The second kappa shape index (κ2) is 6.75. The first-order valence-corrected chi connectivity index (χ1v) is 8.35. The van der Waals surface area contributed by atoms with E-state index in [1.54, 1.807) is 11.3 Å². The molecule has 1 aromatic carbocycles. The van der Waals surface area contributed by atoms with Gasteiger partial charge >= 0.3 is 0 Å². The summed E-state index contributed by atoms with van der Waals surface area (Å²) in [6, 6.07) is 11.1. The first kappa shape index (κ1) is 15.4. The molecule has 3 aromatic rings. The molecule has 3 rings (SSSR count). The zero-order valence-electron chi connectivity index (χ0n) is 13.0. The maximum absolute atomic E-state index is 12.3. The van der Waals surface area contributed by atoms with Gasteiger partial charge in [-0.15, -0.1) is 11.3 Å². The molecule has 1 atom stereocenters. The van der Waals surface area contributed by atoms with Crippen molar-refractivity contribution in [1.29, 1.82) is 0 Å². The van der Waals surface area contributed by atoms with Crippen molar-refractivity contribution in [1.82, 2.24) is 9.97 Å². The van der Waals surface area contributed by atoms with Crippen LogP contribution >= 0.6 is 11.3 Å². The van der Waals surface area contributed by atoms with Crippen molar-refractivity contribution in [2.24, 2.45) is 0 Å².